The Morgan fingerprint density at radius 2 is 0.395 bits per heavy atom. The maximum Gasteiger partial charge on any atom is 0.337 e. The number of carbonyl (C=O) groups excluding carboxylic acids is 10. The molecule has 0 aromatic heterocycles. The fourth-order valence-electron chi connectivity index (χ4n) is 11.1. The molecular weight excluding hydrogens is 1660 g/mol. The van der Waals surface area contributed by atoms with E-state index in [-0.39, 0.29) is 99.0 Å². The molecule has 6 aromatic carbocycles. The van der Waals surface area contributed by atoms with Crippen molar-refractivity contribution in [2.75, 3.05) is 103 Å². The average molecular weight is 1800 g/mol. The second-order valence-electron chi connectivity index (χ2n) is 36.4. The number of carbonyl (C=O) groups is 12. The molecule has 7 amide bonds. The van der Waals surface area contributed by atoms with Crippen LogP contribution < -0.4 is 5.73 Å². The van der Waals surface area contributed by atoms with E-state index in [2.05, 4.69) is 14.2 Å². The summed E-state index contributed by atoms with van der Waals surface area (Å²) < 4.78 is 48.1. The number of benzene rings is 6. The van der Waals surface area contributed by atoms with E-state index in [0.717, 1.165) is 16.7 Å². The van der Waals surface area contributed by atoms with Crippen molar-refractivity contribution in [3.05, 3.63) is 209 Å². The first-order chi connectivity index (χ1) is 59.4. The summed E-state index contributed by atoms with van der Waals surface area (Å²) in [7, 11) is 13.8. The van der Waals surface area contributed by atoms with Crippen molar-refractivity contribution in [3.63, 3.8) is 0 Å². The lowest BCUT2D eigenvalue weighted by Gasteiger charge is -2.23. The molecule has 0 aliphatic heterocycles. The number of nitrogens with two attached hydrogens (primary N) is 1. The maximum absolute atomic E-state index is 12.8. The van der Waals surface area contributed by atoms with Crippen LogP contribution in [0, 0.1) is 0 Å². The van der Waals surface area contributed by atoms with Gasteiger partial charge < -0.3 is 88.0 Å². The van der Waals surface area contributed by atoms with Gasteiger partial charge in [0.05, 0.1) is 122 Å². The summed E-state index contributed by atoms with van der Waals surface area (Å²) in [5, 5.41) is 18.1. The van der Waals surface area contributed by atoms with Crippen molar-refractivity contribution in [3.8, 4) is 0 Å². The smallest absolute Gasteiger partial charge is 0.337 e. The molecule has 0 spiro atoms. The van der Waals surface area contributed by atoms with E-state index >= 15 is 0 Å². The predicted octanol–water partition coefficient (Wildman–Crippen LogP) is 16.4. The number of esters is 3. The zero-order chi connectivity index (χ0) is 99.4. The molecule has 714 valence electrons. The van der Waals surface area contributed by atoms with Gasteiger partial charge in [0.15, 0.2) is 0 Å². The molecule has 0 saturated carbocycles. The highest BCUT2D eigenvalue weighted by Gasteiger charge is 2.26. The quantitative estimate of drug-likeness (QED) is 0.0278. The Bertz CT molecular complexity index is 4610. The highest BCUT2D eigenvalue weighted by Crippen LogP contribution is 2.26. The first-order valence-corrected chi connectivity index (χ1v) is 42.7. The molecule has 30 heteroatoms. The summed E-state index contributed by atoms with van der Waals surface area (Å²) in [6.45, 7) is 52.2. The van der Waals surface area contributed by atoms with Crippen LogP contribution in [0.25, 0.3) is 0 Å². The number of amides is 7. The molecule has 0 fully saturated rings. The third-order valence-electron chi connectivity index (χ3n) is 17.9. The summed E-state index contributed by atoms with van der Waals surface area (Å²) >= 11 is 0. The molecule has 0 heterocycles. The van der Waals surface area contributed by atoms with Gasteiger partial charge in [-0.25, -0.2) is 24.0 Å². The van der Waals surface area contributed by atoms with Gasteiger partial charge in [-0.05, 0) is 309 Å². The number of hydrogen-bond donors (Lipinski definition) is 3. The normalized spacial score (nSPS) is 11.2. The van der Waals surface area contributed by atoms with Gasteiger partial charge in [0.2, 0.25) is 5.91 Å². The standard InChI is InChI=1S/C21H34N2O3.2C17H26N2O3.C15H21NO4.C15H20O5.C14H18O5/c1-8-22(9-2)19(24)17-12-16(15-26-21(5,6)7)13-18(14-17)20(25)23(10-3)11-4;1-17(2,3)22-11-12-8-13(15(20)18(4)5)10-14(9-12)16(21)19(6)7;1-6-19(7-2)16(21)14-9-12(11-22-17(3,4)5)8-13(10-14)15(18)20;1-15(2,3)20-9-10-6-11(13(17)16(4)5)8-12(7-10)14(18)19;1-15(2,3)20-9-10-6-11(13(16)18-4)8-12(7-10)14(17)19-5;1-14(2,3)19-8-9-5-10(12(15)16)7-11(6-9)13(17)18-4/h12-14H,8-11,15H2,1-7H3;8-10H,11H2,1-7H3;8-10H,6-7,11H2,1-5H3,(H2,18,20);6-8H,9H2,1-5H3,(H,18,19);6-8H,9H2,1-5H3;5-7H,8H2,1-4H3,(H,15,16). The van der Waals surface area contributed by atoms with Crippen LogP contribution in [0.2, 0.25) is 0 Å². The molecule has 0 atom stereocenters. The average Bonchev–Trinajstić information content (AvgIpc) is 0.739. The van der Waals surface area contributed by atoms with Crippen molar-refractivity contribution in [2.24, 2.45) is 5.73 Å². The molecule has 0 aliphatic rings. The maximum atomic E-state index is 12.8. The summed E-state index contributed by atoms with van der Waals surface area (Å²) in [6, 6.07) is 29.2. The summed E-state index contributed by atoms with van der Waals surface area (Å²) in [5.41, 5.74) is 12.1. The van der Waals surface area contributed by atoms with Crippen LogP contribution in [-0.4, -0.2) is 247 Å². The lowest BCUT2D eigenvalue weighted by molar-refractivity contribution is -0.0153. The van der Waals surface area contributed by atoms with E-state index in [1.807, 2.05) is 178 Å². The Kier molecular flexibility index (Phi) is 47.6. The molecule has 6 rings (SSSR count). The topological polar surface area (TPSA) is 374 Å². The van der Waals surface area contributed by atoms with E-state index in [0.29, 0.717) is 132 Å². The molecule has 0 radical (unpaired) electrons. The molecule has 0 unspecified atom stereocenters. The van der Waals surface area contributed by atoms with Gasteiger partial charge in [-0.3, -0.25) is 33.6 Å². The minimum atomic E-state index is -1.09. The second-order valence-corrected chi connectivity index (χ2v) is 36.4. The zero-order valence-corrected chi connectivity index (χ0v) is 82.6. The largest absolute Gasteiger partial charge is 0.478 e. The number of methoxy groups -OCH3 is 3. The second kappa shape index (κ2) is 53.0. The van der Waals surface area contributed by atoms with Crippen LogP contribution in [-0.2, 0) is 82.3 Å². The van der Waals surface area contributed by atoms with Crippen LogP contribution in [0.5, 0.6) is 0 Å². The molecule has 0 saturated heterocycles. The van der Waals surface area contributed by atoms with Gasteiger partial charge in [0.1, 0.15) is 0 Å². The number of carboxylic acids is 2. The Morgan fingerprint density at radius 1 is 0.248 bits per heavy atom. The number of nitrogens with zero attached hydrogens (tertiary/aromatic N) is 6. The van der Waals surface area contributed by atoms with Crippen molar-refractivity contribution < 1.29 is 110 Å². The number of aromatic carboxylic acids is 2. The van der Waals surface area contributed by atoms with E-state index in [1.165, 1.54) is 66.4 Å². The molecule has 6 aromatic rings. The Hall–Kier alpha value is -11.3. The Labute approximate surface area is 764 Å². The summed E-state index contributed by atoms with van der Waals surface area (Å²) in [6.07, 6.45) is 0. The van der Waals surface area contributed by atoms with Crippen molar-refractivity contribution in [2.45, 2.75) is 239 Å². The van der Waals surface area contributed by atoms with Crippen molar-refractivity contribution in [1.82, 2.24) is 29.4 Å². The molecule has 0 aliphatic carbocycles. The van der Waals surface area contributed by atoms with Gasteiger partial charge in [-0.15, -0.1) is 0 Å². The van der Waals surface area contributed by atoms with Gasteiger partial charge in [0, 0.05) is 120 Å². The molecular formula is C99H145N7O23. The predicted molar refractivity (Wildman–Crippen MR) is 498 cm³/mol. The van der Waals surface area contributed by atoms with E-state index < -0.39 is 35.8 Å². The summed E-state index contributed by atoms with van der Waals surface area (Å²) in [4.78, 5) is 152. The third-order valence-corrected chi connectivity index (χ3v) is 17.9. The fraction of sp³-hybridized carbons (Fsp3) is 0.515. The zero-order valence-electron chi connectivity index (χ0n) is 82.6. The van der Waals surface area contributed by atoms with E-state index in [9.17, 15) is 57.5 Å². The van der Waals surface area contributed by atoms with Gasteiger partial charge in [-0.1, -0.05) is 0 Å². The van der Waals surface area contributed by atoms with Crippen LogP contribution in [0.1, 0.15) is 324 Å². The highest BCUT2D eigenvalue weighted by atomic mass is 16.5. The monoisotopic (exact) mass is 1800 g/mol. The first kappa shape index (κ1) is 116. The number of ether oxygens (including phenoxy) is 9. The van der Waals surface area contributed by atoms with Crippen LogP contribution >= 0.6 is 0 Å². The highest BCUT2D eigenvalue weighted by molar-refractivity contribution is 6.03. The van der Waals surface area contributed by atoms with E-state index in [4.69, 9.17) is 44.4 Å². The lowest BCUT2D eigenvalue weighted by atomic mass is 10.0. The van der Waals surface area contributed by atoms with Crippen molar-refractivity contribution >= 4 is 71.2 Å². The molecule has 30 nitrogen and oxygen atoms in total. The minimum Gasteiger partial charge on any atom is -0.478 e. The Morgan fingerprint density at radius 3 is 0.558 bits per heavy atom. The SMILES string of the molecule is CCN(CC)C(=O)c1cc(COC(C)(C)C)cc(C(=O)N(CC)CC)c1.CCN(CC)C(=O)c1cc(COC(C)(C)C)cc(C(N)=O)c1.CN(C)C(=O)c1cc(COC(C)(C)C)cc(C(=O)N(C)C)c1.CN(C)C(=O)c1cc(COC(C)(C)C)cc(C(=O)O)c1.COC(=O)c1cc(COC(C)(C)C)cc(C(=O)O)c1.COC(=O)c1cc(COC(C)(C)C)cc(C(=O)OC)c1. The number of primary amides is 1. The van der Waals surface area contributed by atoms with E-state index in [1.54, 1.807) is 124 Å². The number of hydrogen-bond acceptors (Lipinski definition) is 21. The van der Waals surface area contributed by atoms with Crippen molar-refractivity contribution in [1.29, 1.82) is 0 Å². The van der Waals surface area contributed by atoms with Crippen LogP contribution in [0.3, 0.4) is 0 Å². The summed E-state index contributed by atoms with van der Waals surface area (Å²) in [5.74, 6) is -5.00. The number of rotatable bonds is 30. The first-order valence-electron chi connectivity index (χ1n) is 42.7. The lowest BCUT2D eigenvalue weighted by Crippen LogP contribution is -2.32. The van der Waals surface area contributed by atoms with Gasteiger partial charge in [0.25, 0.3) is 35.4 Å². The van der Waals surface area contributed by atoms with Gasteiger partial charge in [-0.2, -0.15) is 0 Å². The minimum absolute atomic E-state index is 0.0374. The molecule has 0 bridgehead atoms. The fourth-order valence-corrected chi connectivity index (χ4v) is 11.1. The molecule has 129 heavy (non-hydrogen) atoms. The third kappa shape index (κ3) is 44.1. The van der Waals surface area contributed by atoms with Gasteiger partial charge >= 0.3 is 29.8 Å². The number of carboxylic acid groups (broad SMARTS) is 2. The van der Waals surface area contributed by atoms with Crippen LogP contribution in [0.4, 0.5) is 0 Å². The van der Waals surface area contributed by atoms with Crippen LogP contribution in [0.15, 0.2) is 109 Å². The molecule has 4 N–H and O–H groups in total. The Balaban J connectivity index is 0.000000776.